The van der Waals surface area contributed by atoms with Crippen molar-refractivity contribution in [1.82, 2.24) is 19.7 Å². The lowest BCUT2D eigenvalue weighted by atomic mass is 10.2. The predicted molar refractivity (Wildman–Crippen MR) is 83.1 cm³/mol. The number of ether oxygens (including phenoxy) is 1. The topological polar surface area (TPSA) is 64.9 Å². The summed E-state index contributed by atoms with van der Waals surface area (Å²) >= 11 is 0. The second-order valence-electron chi connectivity index (χ2n) is 4.92. The largest absolute Gasteiger partial charge is 0.371 e. The molecule has 0 aliphatic heterocycles. The molecule has 2 aromatic heterocycles. The summed E-state index contributed by atoms with van der Waals surface area (Å²) < 4.78 is 7.38. The zero-order valence-corrected chi connectivity index (χ0v) is 13.1. The Morgan fingerprint density at radius 3 is 2.76 bits per heavy atom. The van der Waals surface area contributed by atoms with E-state index in [1.165, 1.54) is 0 Å². The number of hydrogen-bond donors (Lipinski definition) is 1. The summed E-state index contributed by atoms with van der Waals surface area (Å²) in [7, 11) is 1.89. The highest BCUT2D eigenvalue weighted by molar-refractivity contribution is 5.61. The quantitative estimate of drug-likeness (QED) is 0.849. The summed E-state index contributed by atoms with van der Waals surface area (Å²) in [5, 5.41) is 7.52. The van der Waals surface area contributed by atoms with Crippen molar-refractivity contribution in [2.45, 2.75) is 33.3 Å². The minimum atomic E-state index is -0.131. The maximum atomic E-state index is 5.61. The van der Waals surface area contributed by atoms with Crippen LogP contribution in [0.3, 0.4) is 0 Å². The van der Waals surface area contributed by atoms with E-state index in [-0.39, 0.29) is 6.10 Å². The Kier molecular flexibility index (Phi) is 5.27. The predicted octanol–water partition coefficient (Wildman–Crippen LogP) is 2.80. The first-order chi connectivity index (χ1) is 10.1. The van der Waals surface area contributed by atoms with E-state index in [9.17, 15) is 0 Å². The van der Waals surface area contributed by atoms with E-state index in [2.05, 4.69) is 27.3 Å². The molecule has 0 saturated carbocycles. The maximum absolute atomic E-state index is 5.61. The van der Waals surface area contributed by atoms with E-state index in [1.54, 1.807) is 10.9 Å². The third-order valence-electron chi connectivity index (χ3n) is 3.08. The van der Waals surface area contributed by atoms with Gasteiger partial charge >= 0.3 is 0 Å². The van der Waals surface area contributed by atoms with Crippen LogP contribution >= 0.6 is 0 Å². The molecule has 0 saturated heterocycles. The molecular weight excluding hydrogens is 266 g/mol. The van der Waals surface area contributed by atoms with Gasteiger partial charge in [-0.25, -0.2) is 9.97 Å². The molecule has 114 valence electrons. The Bertz CT molecular complexity index is 581. The first-order valence-corrected chi connectivity index (χ1v) is 7.37. The molecule has 0 aromatic carbocycles. The number of nitrogens with one attached hydrogen (secondary N) is 1. The van der Waals surface area contributed by atoms with Gasteiger partial charge in [-0.2, -0.15) is 5.10 Å². The van der Waals surface area contributed by atoms with Gasteiger partial charge < -0.3 is 10.1 Å². The molecular formula is C15H23N5O. The minimum Gasteiger partial charge on any atom is -0.371 e. The molecule has 2 heterocycles. The molecule has 0 aliphatic rings. The number of hydrogen-bond acceptors (Lipinski definition) is 5. The van der Waals surface area contributed by atoms with Gasteiger partial charge in [0.1, 0.15) is 11.9 Å². The molecule has 6 heteroatoms. The third kappa shape index (κ3) is 4.01. The maximum Gasteiger partial charge on any atom is 0.159 e. The standard InChI is InChI=1S/C15H23N5O/c1-5-7-16-14-8-13(12-9-17-20(4)10-12)18-15(19-14)11(3)21-6-2/h8-11H,5-7H2,1-4H3,(H,16,18,19). The molecule has 0 bridgehead atoms. The van der Waals surface area contributed by atoms with Gasteiger partial charge in [-0.15, -0.1) is 0 Å². The van der Waals surface area contributed by atoms with Gasteiger partial charge in [0.2, 0.25) is 0 Å². The molecule has 1 atom stereocenters. The van der Waals surface area contributed by atoms with Gasteiger partial charge in [-0.1, -0.05) is 6.92 Å². The van der Waals surface area contributed by atoms with Gasteiger partial charge in [0.25, 0.3) is 0 Å². The Balaban J connectivity index is 2.36. The molecule has 21 heavy (non-hydrogen) atoms. The van der Waals surface area contributed by atoms with E-state index >= 15 is 0 Å². The van der Waals surface area contributed by atoms with E-state index in [0.29, 0.717) is 12.4 Å². The van der Waals surface area contributed by atoms with Crippen molar-refractivity contribution in [3.05, 3.63) is 24.3 Å². The SMILES string of the molecule is CCCNc1cc(-c2cnn(C)c2)nc(C(C)OCC)n1. The number of aryl methyl sites for hydroxylation is 1. The second kappa shape index (κ2) is 7.17. The summed E-state index contributed by atoms with van der Waals surface area (Å²) in [6.45, 7) is 7.58. The second-order valence-corrected chi connectivity index (χ2v) is 4.92. The van der Waals surface area contributed by atoms with Crippen molar-refractivity contribution in [1.29, 1.82) is 0 Å². The molecule has 0 radical (unpaired) electrons. The first-order valence-electron chi connectivity index (χ1n) is 7.37. The summed E-state index contributed by atoms with van der Waals surface area (Å²) in [6.07, 6.45) is 4.67. The zero-order chi connectivity index (χ0) is 15.2. The van der Waals surface area contributed by atoms with Crippen LogP contribution in [-0.4, -0.2) is 32.9 Å². The van der Waals surface area contributed by atoms with Crippen LogP contribution in [0.5, 0.6) is 0 Å². The molecule has 0 fully saturated rings. The van der Waals surface area contributed by atoms with Crippen LogP contribution in [0.25, 0.3) is 11.3 Å². The molecule has 2 rings (SSSR count). The van der Waals surface area contributed by atoms with Crippen molar-refractivity contribution in [2.24, 2.45) is 7.05 Å². The lowest BCUT2D eigenvalue weighted by Crippen LogP contribution is -2.10. The van der Waals surface area contributed by atoms with Crippen LogP contribution in [0, 0.1) is 0 Å². The minimum absolute atomic E-state index is 0.131. The van der Waals surface area contributed by atoms with Crippen LogP contribution < -0.4 is 5.32 Å². The van der Waals surface area contributed by atoms with Gasteiger partial charge in [0, 0.05) is 38.0 Å². The number of anilines is 1. The fourth-order valence-corrected chi connectivity index (χ4v) is 2.02. The van der Waals surface area contributed by atoms with Crippen molar-refractivity contribution >= 4 is 5.82 Å². The van der Waals surface area contributed by atoms with Gasteiger partial charge in [0.15, 0.2) is 5.82 Å². The summed E-state index contributed by atoms with van der Waals surface area (Å²) in [6, 6.07) is 1.95. The molecule has 6 nitrogen and oxygen atoms in total. The molecule has 2 aromatic rings. The van der Waals surface area contributed by atoms with Crippen LogP contribution in [0.15, 0.2) is 18.5 Å². The molecule has 0 aliphatic carbocycles. The van der Waals surface area contributed by atoms with Crippen LogP contribution in [0.2, 0.25) is 0 Å². The lowest BCUT2D eigenvalue weighted by molar-refractivity contribution is 0.0702. The fraction of sp³-hybridized carbons (Fsp3) is 0.533. The molecule has 1 unspecified atom stereocenters. The van der Waals surface area contributed by atoms with Gasteiger partial charge in [0.05, 0.1) is 11.9 Å². The van der Waals surface area contributed by atoms with Crippen molar-refractivity contribution in [2.75, 3.05) is 18.5 Å². The highest BCUT2D eigenvalue weighted by Crippen LogP contribution is 2.22. The summed E-state index contributed by atoms with van der Waals surface area (Å²) in [5.74, 6) is 1.52. The summed E-state index contributed by atoms with van der Waals surface area (Å²) in [4.78, 5) is 9.16. The average Bonchev–Trinajstić information content (AvgIpc) is 2.91. The Morgan fingerprint density at radius 1 is 1.33 bits per heavy atom. The van der Waals surface area contributed by atoms with Crippen LogP contribution in [0.4, 0.5) is 5.82 Å². The summed E-state index contributed by atoms with van der Waals surface area (Å²) in [5.41, 5.74) is 1.84. The third-order valence-corrected chi connectivity index (χ3v) is 3.08. The monoisotopic (exact) mass is 289 g/mol. The van der Waals surface area contributed by atoms with Crippen LogP contribution in [-0.2, 0) is 11.8 Å². The Morgan fingerprint density at radius 2 is 2.14 bits per heavy atom. The van der Waals surface area contributed by atoms with E-state index in [0.717, 1.165) is 30.0 Å². The molecule has 0 spiro atoms. The average molecular weight is 289 g/mol. The number of rotatable bonds is 7. The van der Waals surface area contributed by atoms with Crippen LogP contribution in [0.1, 0.15) is 39.1 Å². The van der Waals surface area contributed by atoms with Gasteiger partial charge in [-0.05, 0) is 20.3 Å². The van der Waals surface area contributed by atoms with Crippen molar-refractivity contribution in [3.63, 3.8) is 0 Å². The molecule has 1 N–H and O–H groups in total. The number of aromatic nitrogens is 4. The van der Waals surface area contributed by atoms with E-state index in [1.807, 2.05) is 33.2 Å². The van der Waals surface area contributed by atoms with E-state index in [4.69, 9.17) is 4.74 Å². The number of nitrogens with zero attached hydrogens (tertiary/aromatic N) is 4. The molecule has 0 amide bonds. The van der Waals surface area contributed by atoms with Gasteiger partial charge in [-0.3, -0.25) is 4.68 Å². The highest BCUT2D eigenvalue weighted by atomic mass is 16.5. The Labute approximate surface area is 125 Å². The highest BCUT2D eigenvalue weighted by Gasteiger charge is 2.13. The van der Waals surface area contributed by atoms with Crippen molar-refractivity contribution < 1.29 is 4.74 Å². The zero-order valence-electron chi connectivity index (χ0n) is 13.1. The van der Waals surface area contributed by atoms with Crippen molar-refractivity contribution in [3.8, 4) is 11.3 Å². The normalized spacial score (nSPS) is 12.4. The fourth-order valence-electron chi connectivity index (χ4n) is 2.02. The van der Waals surface area contributed by atoms with E-state index < -0.39 is 0 Å². The lowest BCUT2D eigenvalue weighted by Gasteiger charge is -2.13. The Hall–Kier alpha value is -1.95. The smallest absolute Gasteiger partial charge is 0.159 e. The first kappa shape index (κ1) is 15.4.